The lowest BCUT2D eigenvalue weighted by Gasteiger charge is -2.32. The Bertz CT molecular complexity index is 175. The van der Waals surface area contributed by atoms with E-state index in [2.05, 4.69) is 41.2 Å². The summed E-state index contributed by atoms with van der Waals surface area (Å²) in [5, 5.41) is 2.46. The van der Waals surface area contributed by atoms with Crippen LogP contribution in [0.5, 0.6) is 0 Å². The minimum absolute atomic E-state index is 0.429. The fourth-order valence-corrected chi connectivity index (χ4v) is 1.61. The molecule has 0 spiro atoms. The van der Waals surface area contributed by atoms with Gasteiger partial charge in [-0.2, -0.15) is 0 Å². The Kier molecular flexibility index (Phi) is 3.18. The summed E-state index contributed by atoms with van der Waals surface area (Å²) in [5.74, 6) is 0. The molecule has 0 aliphatic carbocycles. The van der Waals surface area contributed by atoms with Crippen molar-refractivity contribution in [2.45, 2.75) is 31.8 Å². The van der Waals surface area contributed by atoms with Crippen LogP contribution in [0.3, 0.4) is 0 Å². The number of hydrogen-bond donors (Lipinski definition) is 0. The highest BCUT2D eigenvalue weighted by molar-refractivity contribution is 7.78. The van der Waals surface area contributed by atoms with Crippen LogP contribution in [0.4, 0.5) is 0 Å². The zero-order valence-electron chi connectivity index (χ0n) is 7.08. The predicted octanol–water partition coefficient (Wildman–Crippen LogP) is 1.57. The number of nitrogens with zero attached hydrogens (tertiary/aromatic N) is 2. The molecule has 2 atom stereocenters. The highest BCUT2D eigenvalue weighted by Gasteiger charge is 2.21. The summed E-state index contributed by atoms with van der Waals surface area (Å²) in [6, 6.07) is 1.07. The van der Waals surface area contributed by atoms with Gasteiger partial charge in [0.2, 0.25) is 0 Å². The molecule has 0 saturated carbocycles. The number of isothiocyanates is 1. The molecule has 11 heavy (non-hydrogen) atoms. The second-order valence-corrected chi connectivity index (χ2v) is 3.41. The summed E-state index contributed by atoms with van der Waals surface area (Å²) in [6.07, 6.45) is 2.25. The van der Waals surface area contributed by atoms with E-state index in [1.54, 1.807) is 0 Å². The van der Waals surface area contributed by atoms with E-state index in [4.69, 9.17) is 0 Å². The van der Waals surface area contributed by atoms with Crippen LogP contribution in [-0.4, -0.2) is 35.7 Å². The van der Waals surface area contributed by atoms with Crippen molar-refractivity contribution < 1.29 is 0 Å². The van der Waals surface area contributed by atoms with Crippen molar-refractivity contribution in [1.82, 2.24) is 4.90 Å². The summed E-state index contributed by atoms with van der Waals surface area (Å²) in [4.78, 5) is 6.46. The summed E-state index contributed by atoms with van der Waals surface area (Å²) in [7, 11) is 2.15. The first-order valence-electron chi connectivity index (χ1n) is 4.01. The maximum Gasteiger partial charge on any atom is 0.0629 e. The van der Waals surface area contributed by atoms with Gasteiger partial charge in [-0.05, 0) is 39.0 Å². The average molecular weight is 170 g/mol. The van der Waals surface area contributed by atoms with Crippen LogP contribution in [0.1, 0.15) is 19.8 Å². The zero-order chi connectivity index (χ0) is 8.27. The summed E-state index contributed by atoms with van der Waals surface area (Å²) in [6.45, 7) is 3.36. The van der Waals surface area contributed by atoms with E-state index >= 15 is 0 Å². The van der Waals surface area contributed by atoms with Crippen molar-refractivity contribution in [2.24, 2.45) is 4.99 Å². The Morgan fingerprint density at radius 2 is 2.36 bits per heavy atom. The fourth-order valence-electron chi connectivity index (χ4n) is 1.46. The van der Waals surface area contributed by atoms with E-state index in [-0.39, 0.29) is 0 Å². The number of aliphatic imine (C=N–C) groups is 1. The summed E-state index contributed by atoms with van der Waals surface area (Å²) in [5.41, 5.74) is 0. The second-order valence-electron chi connectivity index (χ2n) is 3.23. The molecule has 1 aliphatic heterocycles. The van der Waals surface area contributed by atoms with E-state index in [1.807, 2.05) is 0 Å². The molecule has 0 aromatic heterocycles. The summed E-state index contributed by atoms with van der Waals surface area (Å²) >= 11 is 4.57. The molecule has 0 aromatic rings. The molecule has 1 rings (SSSR count). The van der Waals surface area contributed by atoms with Crippen molar-refractivity contribution >= 4 is 17.4 Å². The number of hydrogen-bond acceptors (Lipinski definition) is 3. The second kappa shape index (κ2) is 3.96. The van der Waals surface area contributed by atoms with Crippen LogP contribution in [0, 0.1) is 0 Å². The molecule has 0 radical (unpaired) electrons. The van der Waals surface area contributed by atoms with Gasteiger partial charge in [-0.3, -0.25) is 0 Å². The van der Waals surface area contributed by atoms with Crippen LogP contribution in [0.25, 0.3) is 0 Å². The molecular weight excluding hydrogens is 156 g/mol. The smallest absolute Gasteiger partial charge is 0.0629 e. The van der Waals surface area contributed by atoms with Gasteiger partial charge in [-0.25, -0.2) is 4.99 Å². The van der Waals surface area contributed by atoms with Crippen molar-refractivity contribution in [3.63, 3.8) is 0 Å². The quantitative estimate of drug-likeness (QED) is 0.438. The molecule has 1 heterocycles. The zero-order valence-corrected chi connectivity index (χ0v) is 7.90. The van der Waals surface area contributed by atoms with E-state index < -0.39 is 0 Å². The van der Waals surface area contributed by atoms with Crippen LogP contribution in [0.15, 0.2) is 4.99 Å². The molecule has 1 fully saturated rings. The lowest BCUT2D eigenvalue weighted by Crippen LogP contribution is -2.39. The third kappa shape index (κ3) is 2.37. The predicted molar refractivity (Wildman–Crippen MR) is 50.1 cm³/mol. The lowest BCUT2D eigenvalue weighted by molar-refractivity contribution is 0.185. The first-order valence-corrected chi connectivity index (χ1v) is 4.42. The molecule has 0 N–H and O–H groups in total. The number of thiocarbonyl (C=S) groups is 1. The molecule has 0 aromatic carbocycles. The topological polar surface area (TPSA) is 15.6 Å². The first kappa shape index (κ1) is 8.85. The number of rotatable bonds is 1. The Morgan fingerprint density at radius 1 is 1.64 bits per heavy atom. The SMILES string of the molecule is CC1CC(N=C=S)CCN1C. The Morgan fingerprint density at radius 3 is 2.91 bits per heavy atom. The Hall–Kier alpha value is -0.240. The molecule has 62 valence electrons. The van der Waals surface area contributed by atoms with E-state index in [0.717, 1.165) is 19.4 Å². The normalized spacial score (nSPS) is 32.9. The Labute approximate surface area is 73.3 Å². The summed E-state index contributed by atoms with van der Waals surface area (Å²) < 4.78 is 0. The van der Waals surface area contributed by atoms with Gasteiger partial charge in [0.05, 0.1) is 11.2 Å². The third-order valence-electron chi connectivity index (χ3n) is 2.42. The van der Waals surface area contributed by atoms with Crippen LogP contribution in [0.2, 0.25) is 0 Å². The van der Waals surface area contributed by atoms with Crippen molar-refractivity contribution in [3.05, 3.63) is 0 Å². The van der Waals surface area contributed by atoms with E-state index in [1.165, 1.54) is 0 Å². The highest BCUT2D eigenvalue weighted by atomic mass is 32.1. The van der Waals surface area contributed by atoms with Gasteiger partial charge in [-0.1, -0.05) is 0 Å². The maximum absolute atomic E-state index is 4.57. The van der Waals surface area contributed by atoms with Gasteiger partial charge in [0, 0.05) is 12.6 Å². The monoisotopic (exact) mass is 170 g/mol. The van der Waals surface area contributed by atoms with Gasteiger partial charge in [0.25, 0.3) is 0 Å². The van der Waals surface area contributed by atoms with Crippen molar-refractivity contribution in [2.75, 3.05) is 13.6 Å². The molecule has 2 nitrogen and oxygen atoms in total. The molecule has 2 unspecified atom stereocenters. The average Bonchev–Trinajstić information content (AvgIpc) is 1.98. The fraction of sp³-hybridized carbons (Fsp3) is 0.875. The molecule has 0 bridgehead atoms. The minimum Gasteiger partial charge on any atom is -0.304 e. The van der Waals surface area contributed by atoms with Gasteiger partial charge in [-0.15, -0.1) is 0 Å². The highest BCUT2D eigenvalue weighted by Crippen LogP contribution is 2.17. The minimum atomic E-state index is 0.429. The third-order valence-corrected chi connectivity index (χ3v) is 2.52. The maximum atomic E-state index is 4.57. The number of piperidine rings is 1. The lowest BCUT2D eigenvalue weighted by atomic mass is 10.00. The van der Waals surface area contributed by atoms with Gasteiger partial charge < -0.3 is 4.90 Å². The largest absolute Gasteiger partial charge is 0.304 e. The molecule has 1 aliphatic rings. The Balaban J connectivity index is 2.45. The molecule has 0 amide bonds. The van der Waals surface area contributed by atoms with Crippen molar-refractivity contribution in [1.29, 1.82) is 0 Å². The van der Waals surface area contributed by atoms with Gasteiger partial charge >= 0.3 is 0 Å². The van der Waals surface area contributed by atoms with Crippen LogP contribution >= 0.6 is 12.2 Å². The van der Waals surface area contributed by atoms with Crippen LogP contribution in [-0.2, 0) is 0 Å². The van der Waals surface area contributed by atoms with Gasteiger partial charge in [0.15, 0.2) is 0 Å². The number of likely N-dealkylation sites (tertiary alicyclic amines) is 1. The van der Waals surface area contributed by atoms with E-state index in [0.29, 0.717) is 12.1 Å². The van der Waals surface area contributed by atoms with E-state index in [9.17, 15) is 0 Å². The van der Waals surface area contributed by atoms with Gasteiger partial charge in [0.1, 0.15) is 0 Å². The molecular formula is C8H14N2S. The molecule has 1 saturated heterocycles. The first-order chi connectivity index (χ1) is 5.24. The molecule has 3 heteroatoms. The standard InChI is InChI=1S/C8H14N2S/c1-7-5-8(9-6-11)3-4-10(7)2/h7-8H,3-5H2,1-2H3. The van der Waals surface area contributed by atoms with Crippen LogP contribution < -0.4 is 0 Å². The van der Waals surface area contributed by atoms with Crippen molar-refractivity contribution in [3.8, 4) is 0 Å².